The highest BCUT2D eigenvalue weighted by Crippen LogP contribution is 2.37. The zero-order valence-electron chi connectivity index (χ0n) is 18.3. The van der Waals surface area contributed by atoms with Crippen LogP contribution in [0.25, 0.3) is 15.9 Å². The standard InChI is InChI=1S/C23H26N4O3S2/c1-4-24-22(30)25-19(28)14(3)31-23-26-20-18(16-11-10-13(2)12-17(16)32-20)21(29)27(23)15-8-6-5-7-9-15/h5-9,13-14H,4,10-12H2,1-3H3,(H2,24,25,28,30). The first-order valence-corrected chi connectivity index (χ1v) is 12.5. The summed E-state index contributed by atoms with van der Waals surface area (Å²) in [6.45, 7) is 6.14. The molecule has 32 heavy (non-hydrogen) atoms. The molecule has 0 spiro atoms. The SMILES string of the molecule is CCNC(=O)NC(=O)C(C)Sc1nc2sc3c(c2c(=O)n1-c1ccccc1)CCC(C)C3. The molecule has 4 rings (SSSR count). The molecule has 2 atom stereocenters. The summed E-state index contributed by atoms with van der Waals surface area (Å²) >= 11 is 2.76. The number of carbonyl (C=O) groups excluding carboxylic acids is 2. The van der Waals surface area contributed by atoms with Crippen LogP contribution < -0.4 is 16.2 Å². The van der Waals surface area contributed by atoms with Gasteiger partial charge in [-0.3, -0.25) is 19.5 Å². The summed E-state index contributed by atoms with van der Waals surface area (Å²) in [5.41, 5.74) is 1.73. The number of amides is 3. The van der Waals surface area contributed by atoms with Crippen LogP contribution in [0, 0.1) is 5.92 Å². The number of hydrogen-bond acceptors (Lipinski definition) is 6. The summed E-state index contributed by atoms with van der Waals surface area (Å²) in [4.78, 5) is 44.8. The molecule has 3 amide bonds. The van der Waals surface area contributed by atoms with Gasteiger partial charge in [0, 0.05) is 11.4 Å². The van der Waals surface area contributed by atoms with Gasteiger partial charge in [0.25, 0.3) is 5.56 Å². The predicted molar refractivity (Wildman–Crippen MR) is 129 cm³/mol. The fraction of sp³-hybridized carbons (Fsp3) is 0.391. The fourth-order valence-corrected chi connectivity index (χ4v) is 6.24. The van der Waals surface area contributed by atoms with Crippen molar-refractivity contribution in [3.63, 3.8) is 0 Å². The summed E-state index contributed by atoms with van der Waals surface area (Å²) < 4.78 is 1.59. The Labute approximate surface area is 194 Å². The number of para-hydroxylation sites is 1. The van der Waals surface area contributed by atoms with Gasteiger partial charge in [-0.25, -0.2) is 9.78 Å². The topological polar surface area (TPSA) is 93.1 Å². The number of urea groups is 1. The number of aryl methyl sites for hydroxylation is 1. The normalized spacial score (nSPS) is 16.4. The van der Waals surface area contributed by atoms with Gasteiger partial charge < -0.3 is 5.32 Å². The molecular weight excluding hydrogens is 444 g/mol. The van der Waals surface area contributed by atoms with Crippen LogP contribution in [0.4, 0.5) is 4.79 Å². The van der Waals surface area contributed by atoms with Crippen molar-refractivity contribution in [2.75, 3.05) is 6.54 Å². The van der Waals surface area contributed by atoms with E-state index in [4.69, 9.17) is 4.98 Å². The van der Waals surface area contributed by atoms with Crippen molar-refractivity contribution < 1.29 is 9.59 Å². The summed E-state index contributed by atoms with van der Waals surface area (Å²) in [5, 5.41) is 5.40. The van der Waals surface area contributed by atoms with E-state index < -0.39 is 17.2 Å². The summed E-state index contributed by atoms with van der Waals surface area (Å²) in [6, 6.07) is 8.82. The van der Waals surface area contributed by atoms with E-state index >= 15 is 0 Å². The Morgan fingerprint density at radius 2 is 2.06 bits per heavy atom. The molecule has 3 aromatic rings. The molecule has 0 radical (unpaired) electrons. The summed E-state index contributed by atoms with van der Waals surface area (Å²) in [6.07, 6.45) is 2.92. The number of thioether (sulfide) groups is 1. The lowest BCUT2D eigenvalue weighted by Crippen LogP contribution is -2.42. The highest BCUT2D eigenvalue weighted by Gasteiger charge is 2.27. The molecule has 1 aromatic carbocycles. The van der Waals surface area contributed by atoms with Crippen LogP contribution >= 0.6 is 23.1 Å². The van der Waals surface area contributed by atoms with Crippen LogP contribution in [0.15, 0.2) is 40.3 Å². The predicted octanol–water partition coefficient (Wildman–Crippen LogP) is 3.90. The average Bonchev–Trinajstić information content (AvgIpc) is 3.12. The molecule has 1 aliphatic carbocycles. The zero-order chi connectivity index (χ0) is 22.8. The van der Waals surface area contributed by atoms with Gasteiger partial charge in [-0.05, 0) is 56.7 Å². The first-order chi connectivity index (χ1) is 15.4. The van der Waals surface area contributed by atoms with Gasteiger partial charge in [0.2, 0.25) is 5.91 Å². The molecule has 0 saturated carbocycles. The largest absolute Gasteiger partial charge is 0.338 e. The number of rotatable bonds is 5. The van der Waals surface area contributed by atoms with Gasteiger partial charge in [-0.1, -0.05) is 36.9 Å². The Balaban J connectivity index is 1.78. The Bertz CT molecular complexity index is 1220. The second-order valence-corrected chi connectivity index (χ2v) is 10.4. The molecule has 2 aromatic heterocycles. The van der Waals surface area contributed by atoms with Crippen LogP contribution in [0.2, 0.25) is 0 Å². The molecule has 1 aliphatic rings. The van der Waals surface area contributed by atoms with E-state index in [2.05, 4.69) is 17.6 Å². The molecule has 9 heteroatoms. The molecule has 0 aliphatic heterocycles. The van der Waals surface area contributed by atoms with Gasteiger partial charge in [-0.15, -0.1) is 11.3 Å². The molecule has 0 saturated heterocycles. The van der Waals surface area contributed by atoms with Crippen molar-refractivity contribution >= 4 is 45.3 Å². The quantitative estimate of drug-likeness (QED) is 0.436. The maximum Gasteiger partial charge on any atom is 0.321 e. The monoisotopic (exact) mass is 470 g/mol. The number of aromatic nitrogens is 2. The number of hydrogen-bond donors (Lipinski definition) is 2. The number of nitrogens with zero attached hydrogens (tertiary/aromatic N) is 2. The Morgan fingerprint density at radius 3 is 2.78 bits per heavy atom. The lowest BCUT2D eigenvalue weighted by Gasteiger charge is -2.18. The van der Waals surface area contributed by atoms with E-state index in [-0.39, 0.29) is 5.56 Å². The van der Waals surface area contributed by atoms with Crippen LogP contribution in [-0.4, -0.2) is 33.3 Å². The number of fused-ring (bicyclic) bond motifs is 3. The van der Waals surface area contributed by atoms with Crippen LogP contribution in [-0.2, 0) is 17.6 Å². The highest BCUT2D eigenvalue weighted by molar-refractivity contribution is 8.00. The van der Waals surface area contributed by atoms with Crippen molar-refractivity contribution in [1.29, 1.82) is 0 Å². The second kappa shape index (κ2) is 9.46. The van der Waals surface area contributed by atoms with Crippen molar-refractivity contribution in [3.8, 4) is 5.69 Å². The third kappa shape index (κ3) is 4.45. The number of imide groups is 1. The first-order valence-electron chi connectivity index (χ1n) is 10.8. The van der Waals surface area contributed by atoms with Gasteiger partial charge in [-0.2, -0.15) is 0 Å². The van der Waals surface area contributed by atoms with Gasteiger partial charge in [0.1, 0.15) is 4.83 Å². The Kier molecular flexibility index (Phi) is 6.66. The van der Waals surface area contributed by atoms with E-state index in [1.165, 1.54) is 16.6 Å². The minimum atomic E-state index is -0.619. The molecule has 7 nitrogen and oxygen atoms in total. The van der Waals surface area contributed by atoms with E-state index in [9.17, 15) is 14.4 Å². The van der Waals surface area contributed by atoms with Crippen molar-refractivity contribution in [3.05, 3.63) is 51.1 Å². The maximum absolute atomic E-state index is 13.7. The summed E-state index contributed by atoms with van der Waals surface area (Å²) in [7, 11) is 0. The smallest absolute Gasteiger partial charge is 0.321 e. The second-order valence-electron chi connectivity index (χ2n) is 8.01. The molecular formula is C23H26N4O3S2. The lowest BCUT2D eigenvalue weighted by atomic mass is 9.89. The Hall–Kier alpha value is -2.65. The molecule has 2 heterocycles. The number of benzene rings is 1. The van der Waals surface area contributed by atoms with Crippen LogP contribution in [0.3, 0.4) is 0 Å². The van der Waals surface area contributed by atoms with E-state index in [1.54, 1.807) is 29.8 Å². The minimum Gasteiger partial charge on any atom is -0.338 e. The molecule has 2 unspecified atom stereocenters. The van der Waals surface area contributed by atoms with E-state index in [0.29, 0.717) is 28.7 Å². The Morgan fingerprint density at radius 1 is 1.31 bits per heavy atom. The van der Waals surface area contributed by atoms with Crippen LogP contribution in [0.5, 0.6) is 0 Å². The lowest BCUT2D eigenvalue weighted by molar-refractivity contribution is -0.119. The van der Waals surface area contributed by atoms with E-state index in [0.717, 1.165) is 29.7 Å². The van der Waals surface area contributed by atoms with Crippen molar-refractivity contribution in [2.24, 2.45) is 5.92 Å². The molecule has 0 fully saturated rings. The molecule has 168 valence electrons. The van der Waals surface area contributed by atoms with Gasteiger partial charge in [0.15, 0.2) is 5.16 Å². The van der Waals surface area contributed by atoms with E-state index in [1.807, 2.05) is 30.3 Å². The maximum atomic E-state index is 13.7. The number of carbonyl (C=O) groups is 2. The third-order valence-corrected chi connectivity index (χ3v) is 7.74. The highest BCUT2D eigenvalue weighted by atomic mass is 32.2. The van der Waals surface area contributed by atoms with Crippen LogP contribution in [0.1, 0.15) is 37.6 Å². The van der Waals surface area contributed by atoms with Crippen molar-refractivity contribution in [2.45, 2.75) is 50.4 Å². The summed E-state index contributed by atoms with van der Waals surface area (Å²) in [5.74, 6) is 0.160. The zero-order valence-corrected chi connectivity index (χ0v) is 19.9. The van der Waals surface area contributed by atoms with Gasteiger partial charge >= 0.3 is 6.03 Å². The molecule has 0 bridgehead atoms. The minimum absolute atomic E-state index is 0.105. The first kappa shape index (κ1) is 22.5. The average molecular weight is 471 g/mol. The number of nitrogens with one attached hydrogen (secondary N) is 2. The van der Waals surface area contributed by atoms with Crippen molar-refractivity contribution in [1.82, 2.24) is 20.2 Å². The fourth-order valence-electron chi connectivity index (χ4n) is 3.88. The number of thiophene rings is 1. The third-order valence-electron chi connectivity index (χ3n) is 5.54. The molecule has 2 N–H and O–H groups in total. The van der Waals surface area contributed by atoms with Gasteiger partial charge in [0.05, 0.1) is 16.3 Å².